The van der Waals surface area contributed by atoms with Crippen LogP contribution in [-0.4, -0.2) is 58.8 Å². The quantitative estimate of drug-likeness (QED) is 0.866. The van der Waals surface area contributed by atoms with Gasteiger partial charge < -0.3 is 9.88 Å². The van der Waals surface area contributed by atoms with Crippen molar-refractivity contribution in [3.05, 3.63) is 18.2 Å². The first-order chi connectivity index (χ1) is 10.5. The van der Waals surface area contributed by atoms with E-state index in [-0.39, 0.29) is 24.5 Å². The van der Waals surface area contributed by atoms with Gasteiger partial charge in [-0.25, -0.2) is 4.98 Å². The molecule has 2 unspecified atom stereocenters. The fourth-order valence-corrected chi connectivity index (χ4v) is 5.43. The summed E-state index contributed by atoms with van der Waals surface area (Å²) >= 11 is 0. The van der Waals surface area contributed by atoms with Gasteiger partial charge in [-0.15, -0.1) is 12.4 Å². The highest BCUT2D eigenvalue weighted by atomic mass is 35.5. The lowest BCUT2D eigenvalue weighted by Crippen LogP contribution is -2.56. The highest BCUT2D eigenvalue weighted by Gasteiger charge is 2.41. The number of aromatic nitrogens is 2. The van der Waals surface area contributed by atoms with Crippen LogP contribution in [0.25, 0.3) is 0 Å². The Bertz CT molecular complexity index is 620. The molecular weight excluding hydrogens is 338 g/mol. The maximum atomic E-state index is 13.2. The number of piperazine rings is 1. The Hall–Kier alpha value is -0.670. The molecule has 3 heterocycles. The topological polar surface area (TPSA) is 70.5 Å². The molecule has 0 saturated carbocycles. The molecule has 2 atom stereocenters. The molecule has 0 bridgehead atoms. The lowest BCUT2D eigenvalue weighted by molar-refractivity contribution is 0.205. The van der Waals surface area contributed by atoms with E-state index in [4.69, 9.17) is 0 Å². The molecule has 2 fully saturated rings. The molecular formula is C14H26ClN5O2S. The van der Waals surface area contributed by atoms with Crippen molar-refractivity contribution in [2.45, 2.75) is 38.3 Å². The van der Waals surface area contributed by atoms with Gasteiger partial charge in [-0.1, -0.05) is 6.42 Å². The first-order valence-corrected chi connectivity index (χ1v) is 9.38. The molecule has 1 aromatic heterocycles. The van der Waals surface area contributed by atoms with Gasteiger partial charge in [0.05, 0.1) is 6.04 Å². The Morgan fingerprint density at radius 2 is 2.04 bits per heavy atom. The molecule has 1 aromatic rings. The third-order valence-corrected chi connectivity index (χ3v) is 6.85. The van der Waals surface area contributed by atoms with Crippen LogP contribution in [0.5, 0.6) is 0 Å². The molecule has 3 rings (SSSR count). The summed E-state index contributed by atoms with van der Waals surface area (Å²) in [5.41, 5.74) is 0. The van der Waals surface area contributed by atoms with Crippen molar-refractivity contribution < 1.29 is 8.42 Å². The maximum Gasteiger partial charge on any atom is 0.282 e. The predicted molar refractivity (Wildman–Crippen MR) is 91.7 cm³/mol. The molecule has 0 aliphatic carbocycles. The number of nitrogens with zero attached hydrogens (tertiary/aromatic N) is 4. The second kappa shape index (κ2) is 7.48. The van der Waals surface area contributed by atoms with E-state index < -0.39 is 10.2 Å². The number of nitrogens with one attached hydrogen (secondary N) is 1. The van der Waals surface area contributed by atoms with Gasteiger partial charge in [-0.2, -0.15) is 17.0 Å². The summed E-state index contributed by atoms with van der Waals surface area (Å²) < 4.78 is 31.5. The summed E-state index contributed by atoms with van der Waals surface area (Å²) in [5, 5.41) is 3.29. The van der Waals surface area contributed by atoms with Crippen LogP contribution >= 0.6 is 12.4 Å². The van der Waals surface area contributed by atoms with E-state index in [1.165, 1.54) is 0 Å². The molecule has 0 radical (unpaired) electrons. The van der Waals surface area contributed by atoms with E-state index in [1.807, 2.05) is 24.7 Å². The van der Waals surface area contributed by atoms with Crippen molar-refractivity contribution in [2.24, 2.45) is 7.05 Å². The molecule has 132 valence electrons. The first-order valence-electron chi connectivity index (χ1n) is 7.98. The Balaban J connectivity index is 0.00000192. The van der Waals surface area contributed by atoms with Crippen LogP contribution in [0.4, 0.5) is 0 Å². The Morgan fingerprint density at radius 3 is 2.70 bits per heavy atom. The third-order valence-electron chi connectivity index (χ3n) is 4.69. The standard InChI is InChI=1S/C14H25N5O2S.ClH/c1-12-5-3-4-8-18(12)22(20,21)19-10-6-15-11-13(19)14-16-7-9-17(14)2;/h7,9,12-13,15H,3-6,8,10-11H2,1-2H3;1H. The zero-order valence-electron chi connectivity index (χ0n) is 13.7. The summed E-state index contributed by atoms with van der Waals surface area (Å²) in [6, 6.07) is -0.163. The Labute approximate surface area is 144 Å². The van der Waals surface area contributed by atoms with Gasteiger partial charge in [0.15, 0.2) is 0 Å². The smallest absolute Gasteiger partial charge is 0.282 e. The van der Waals surface area contributed by atoms with Crippen molar-refractivity contribution in [2.75, 3.05) is 26.2 Å². The SMILES string of the molecule is CC1CCCCN1S(=O)(=O)N1CCNCC1c1nccn1C.Cl. The zero-order valence-corrected chi connectivity index (χ0v) is 15.3. The van der Waals surface area contributed by atoms with E-state index in [2.05, 4.69) is 10.3 Å². The number of hydrogen-bond acceptors (Lipinski definition) is 4. The van der Waals surface area contributed by atoms with E-state index in [1.54, 1.807) is 14.8 Å². The van der Waals surface area contributed by atoms with Gasteiger partial charge >= 0.3 is 0 Å². The lowest BCUT2D eigenvalue weighted by atomic mass is 10.1. The van der Waals surface area contributed by atoms with E-state index in [0.717, 1.165) is 25.1 Å². The van der Waals surface area contributed by atoms with E-state index in [0.29, 0.717) is 26.2 Å². The minimum Gasteiger partial charge on any atom is -0.337 e. The summed E-state index contributed by atoms with van der Waals surface area (Å²) in [5.74, 6) is 0.792. The normalized spacial score (nSPS) is 27.6. The minimum atomic E-state index is -3.45. The van der Waals surface area contributed by atoms with Crippen molar-refractivity contribution in [1.82, 2.24) is 23.5 Å². The summed E-state index contributed by atoms with van der Waals surface area (Å²) in [6.07, 6.45) is 6.58. The summed E-state index contributed by atoms with van der Waals surface area (Å²) in [4.78, 5) is 4.37. The van der Waals surface area contributed by atoms with Crippen LogP contribution in [0, 0.1) is 0 Å². The predicted octanol–water partition coefficient (Wildman–Crippen LogP) is 0.907. The monoisotopic (exact) mass is 363 g/mol. The molecule has 2 saturated heterocycles. The number of imidazole rings is 1. The van der Waals surface area contributed by atoms with Crippen LogP contribution in [-0.2, 0) is 17.3 Å². The number of rotatable bonds is 3. The molecule has 7 nitrogen and oxygen atoms in total. The van der Waals surface area contributed by atoms with Crippen LogP contribution < -0.4 is 5.32 Å². The van der Waals surface area contributed by atoms with Gasteiger partial charge in [0.25, 0.3) is 10.2 Å². The molecule has 2 aliphatic rings. The number of aryl methyl sites for hydroxylation is 1. The molecule has 2 aliphatic heterocycles. The zero-order chi connectivity index (χ0) is 15.7. The third kappa shape index (κ3) is 3.56. The molecule has 0 aromatic carbocycles. The maximum absolute atomic E-state index is 13.2. The van der Waals surface area contributed by atoms with E-state index in [9.17, 15) is 8.42 Å². The van der Waals surface area contributed by atoms with Gasteiger partial charge in [-0.05, 0) is 19.8 Å². The van der Waals surface area contributed by atoms with E-state index >= 15 is 0 Å². The molecule has 0 spiro atoms. The van der Waals surface area contributed by atoms with Crippen molar-refractivity contribution >= 4 is 22.6 Å². The fraction of sp³-hybridized carbons (Fsp3) is 0.786. The van der Waals surface area contributed by atoms with Crippen LogP contribution in [0.3, 0.4) is 0 Å². The number of hydrogen-bond donors (Lipinski definition) is 1. The van der Waals surface area contributed by atoms with Crippen molar-refractivity contribution in [3.8, 4) is 0 Å². The van der Waals surface area contributed by atoms with Gasteiger partial charge in [-0.3, -0.25) is 0 Å². The molecule has 1 N–H and O–H groups in total. The largest absolute Gasteiger partial charge is 0.337 e. The van der Waals surface area contributed by atoms with Crippen molar-refractivity contribution in [3.63, 3.8) is 0 Å². The van der Waals surface area contributed by atoms with Gasteiger partial charge in [0.2, 0.25) is 0 Å². The minimum absolute atomic E-state index is 0. The number of piperidine rings is 1. The van der Waals surface area contributed by atoms with Crippen molar-refractivity contribution in [1.29, 1.82) is 0 Å². The van der Waals surface area contributed by atoms with Crippen LogP contribution in [0.2, 0.25) is 0 Å². The van der Waals surface area contributed by atoms with Crippen LogP contribution in [0.1, 0.15) is 38.1 Å². The average Bonchev–Trinajstić information content (AvgIpc) is 2.93. The molecule has 0 amide bonds. The van der Waals surface area contributed by atoms with Gasteiger partial charge in [0.1, 0.15) is 5.82 Å². The lowest BCUT2D eigenvalue weighted by Gasteiger charge is -2.41. The highest BCUT2D eigenvalue weighted by molar-refractivity contribution is 7.86. The highest BCUT2D eigenvalue weighted by Crippen LogP contribution is 2.29. The van der Waals surface area contributed by atoms with Gasteiger partial charge in [0, 0.05) is 51.7 Å². The second-order valence-corrected chi connectivity index (χ2v) is 8.02. The molecule has 23 heavy (non-hydrogen) atoms. The average molecular weight is 364 g/mol. The summed E-state index contributed by atoms with van der Waals surface area (Å²) in [7, 11) is -1.54. The Morgan fingerprint density at radius 1 is 1.26 bits per heavy atom. The first kappa shape index (κ1) is 18.7. The fourth-order valence-electron chi connectivity index (χ4n) is 3.43. The summed E-state index contributed by atoms with van der Waals surface area (Å²) in [6.45, 7) is 4.41. The molecule has 9 heteroatoms. The Kier molecular flexibility index (Phi) is 6.07. The number of halogens is 1. The second-order valence-electron chi connectivity index (χ2n) is 6.19. The van der Waals surface area contributed by atoms with Crippen LogP contribution in [0.15, 0.2) is 12.4 Å².